The number of para-hydroxylation sites is 3. The van der Waals surface area contributed by atoms with Crippen molar-refractivity contribution >= 4 is 22.8 Å². The predicted molar refractivity (Wildman–Crippen MR) is 105 cm³/mol. The minimum absolute atomic E-state index is 0.117. The van der Waals surface area contributed by atoms with Gasteiger partial charge in [0.15, 0.2) is 18.1 Å². The number of hydrogen-bond acceptors (Lipinski definition) is 5. The van der Waals surface area contributed by atoms with Crippen LogP contribution in [-0.4, -0.2) is 53.6 Å². The highest BCUT2D eigenvalue weighted by Crippen LogP contribution is 2.35. The normalized spacial score (nSPS) is 14.8. The number of anilines is 1. The van der Waals surface area contributed by atoms with Crippen molar-refractivity contribution in [3.63, 3.8) is 0 Å². The number of piperazine rings is 1. The van der Waals surface area contributed by atoms with Gasteiger partial charge in [-0.2, -0.15) is 13.2 Å². The van der Waals surface area contributed by atoms with E-state index in [4.69, 9.17) is 4.74 Å². The molecular weight excluding hydrogens is 397 g/mol. The lowest BCUT2D eigenvalue weighted by Gasteiger charge is -2.36. The van der Waals surface area contributed by atoms with E-state index in [9.17, 15) is 18.0 Å². The highest BCUT2D eigenvalue weighted by molar-refractivity contribution is 5.79. The van der Waals surface area contributed by atoms with Gasteiger partial charge in [0.25, 0.3) is 5.91 Å². The van der Waals surface area contributed by atoms with Crippen molar-refractivity contribution in [3.8, 4) is 5.75 Å². The van der Waals surface area contributed by atoms with Gasteiger partial charge in [-0.3, -0.25) is 4.79 Å². The van der Waals surface area contributed by atoms with Gasteiger partial charge < -0.3 is 14.5 Å². The molecule has 1 aliphatic heterocycles. The Morgan fingerprint density at radius 1 is 0.900 bits per heavy atom. The fraction of sp³-hybridized carbons (Fsp3) is 0.286. The topological polar surface area (TPSA) is 58.6 Å². The first-order chi connectivity index (χ1) is 14.4. The summed E-state index contributed by atoms with van der Waals surface area (Å²) in [7, 11) is 0. The lowest BCUT2D eigenvalue weighted by molar-refractivity contribution is -0.141. The number of nitrogens with zero attached hydrogens (tertiary/aromatic N) is 4. The van der Waals surface area contributed by atoms with E-state index in [1.54, 1.807) is 47.4 Å². The maximum absolute atomic E-state index is 13.6. The van der Waals surface area contributed by atoms with Crippen LogP contribution < -0.4 is 9.64 Å². The number of rotatable bonds is 4. The Labute approximate surface area is 170 Å². The number of benzene rings is 2. The molecule has 1 fully saturated rings. The summed E-state index contributed by atoms with van der Waals surface area (Å²) in [4.78, 5) is 23.5. The van der Waals surface area contributed by atoms with Crippen LogP contribution >= 0.6 is 0 Å². The number of carbonyl (C=O) groups is 1. The minimum atomic E-state index is -4.62. The Bertz CT molecular complexity index is 1040. The number of halogens is 3. The van der Waals surface area contributed by atoms with E-state index in [2.05, 4.69) is 9.97 Å². The van der Waals surface area contributed by atoms with Crippen LogP contribution in [0.4, 0.5) is 19.0 Å². The molecule has 156 valence electrons. The zero-order valence-electron chi connectivity index (χ0n) is 16.0. The van der Waals surface area contributed by atoms with Crippen LogP contribution in [0, 0.1) is 0 Å². The third-order valence-corrected chi connectivity index (χ3v) is 4.86. The Balaban J connectivity index is 1.46. The molecule has 1 amide bonds. The molecule has 0 radical (unpaired) electrons. The average Bonchev–Trinajstić information content (AvgIpc) is 2.77. The first-order valence-corrected chi connectivity index (χ1v) is 9.46. The average molecular weight is 416 g/mol. The molecule has 6 nitrogen and oxygen atoms in total. The maximum atomic E-state index is 13.6. The number of aromatic nitrogens is 2. The van der Waals surface area contributed by atoms with Gasteiger partial charge >= 0.3 is 6.18 Å². The van der Waals surface area contributed by atoms with Gasteiger partial charge in [0.05, 0.1) is 11.0 Å². The summed E-state index contributed by atoms with van der Waals surface area (Å²) in [6, 6.07) is 15.4. The smallest absolute Gasteiger partial charge is 0.437 e. The molecule has 3 aromatic rings. The van der Waals surface area contributed by atoms with E-state index in [1.807, 2.05) is 6.07 Å². The number of alkyl halides is 3. The zero-order chi connectivity index (χ0) is 21.1. The second kappa shape index (κ2) is 8.17. The van der Waals surface area contributed by atoms with E-state index < -0.39 is 11.9 Å². The molecule has 0 bridgehead atoms. The van der Waals surface area contributed by atoms with Crippen molar-refractivity contribution in [1.82, 2.24) is 14.9 Å². The van der Waals surface area contributed by atoms with Crippen LogP contribution in [0.1, 0.15) is 5.69 Å². The van der Waals surface area contributed by atoms with E-state index >= 15 is 0 Å². The molecule has 0 atom stereocenters. The first kappa shape index (κ1) is 19.9. The lowest BCUT2D eigenvalue weighted by atomic mass is 10.2. The maximum Gasteiger partial charge on any atom is 0.437 e. The standard InChI is InChI=1S/C21H19F3N4O2/c22-21(23,24)19-20(26-17-9-5-4-8-16(17)25-19)28-12-10-27(11-13-28)18(29)14-30-15-6-2-1-3-7-15/h1-9H,10-14H2. The molecule has 0 aliphatic carbocycles. The van der Waals surface area contributed by atoms with Crippen molar-refractivity contribution in [2.45, 2.75) is 6.18 Å². The van der Waals surface area contributed by atoms with Crippen LogP contribution in [-0.2, 0) is 11.0 Å². The molecule has 0 N–H and O–H groups in total. The van der Waals surface area contributed by atoms with Crippen LogP contribution in [0.3, 0.4) is 0 Å². The highest BCUT2D eigenvalue weighted by atomic mass is 19.4. The first-order valence-electron chi connectivity index (χ1n) is 9.46. The predicted octanol–water partition coefficient (Wildman–Crippen LogP) is 3.38. The third-order valence-electron chi connectivity index (χ3n) is 4.86. The summed E-state index contributed by atoms with van der Waals surface area (Å²) in [6.45, 7) is 0.902. The number of hydrogen-bond donors (Lipinski definition) is 0. The fourth-order valence-electron chi connectivity index (χ4n) is 3.32. The largest absolute Gasteiger partial charge is 0.484 e. The highest BCUT2D eigenvalue weighted by Gasteiger charge is 2.39. The molecule has 1 aromatic heterocycles. The Morgan fingerprint density at radius 3 is 2.13 bits per heavy atom. The Morgan fingerprint density at radius 2 is 1.50 bits per heavy atom. The van der Waals surface area contributed by atoms with E-state index in [0.717, 1.165) is 0 Å². The molecule has 1 aliphatic rings. The third kappa shape index (κ3) is 4.29. The number of amides is 1. The summed E-state index contributed by atoms with van der Waals surface area (Å²) in [5.74, 6) is 0.179. The molecule has 1 saturated heterocycles. The molecule has 4 rings (SSSR count). The zero-order valence-corrected chi connectivity index (χ0v) is 16.0. The van der Waals surface area contributed by atoms with Crippen LogP contribution in [0.5, 0.6) is 5.75 Å². The summed E-state index contributed by atoms with van der Waals surface area (Å²) in [6.07, 6.45) is -4.62. The summed E-state index contributed by atoms with van der Waals surface area (Å²) in [5, 5.41) is 0. The number of ether oxygens (including phenoxy) is 1. The van der Waals surface area contributed by atoms with E-state index in [0.29, 0.717) is 11.3 Å². The van der Waals surface area contributed by atoms with Gasteiger partial charge in [-0.05, 0) is 24.3 Å². The van der Waals surface area contributed by atoms with Gasteiger partial charge in [0.2, 0.25) is 0 Å². The lowest BCUT2D eigenvalue weighted by Crippen LogP contribution is -2.50. The molecule has 0 spiro atoms. The molecule has 2 aromatic carbocycles. The number of fused-ring (bicyclic) bond motifs is 1. The molecule has 30 heavy (non-hydrogen) atoms. The van der Waals surface area contributed by atoms with Gasteiger partial charge in [-0.25, -0.2) is 9.97 Å². The Kier molecular flexibility index (Phi) is 5.43. The van der Waals surface area contributed by atoms with E-state index in [-0.39, 0.29) is 50.0 Å². The quantitative estimate of drug-likeness (QED) is 0.653. The second-order valence-corrected chi connectivity index (χ2v) is 6.85. The van der Waals surface area contributed by atoms with Crippen molar-refractivity contribution < 1.29 is 22.7 Å². The van der Waals surface area contributed by atoms with Gasteiger partial charge in [-0.15, -0.1) is 0 Å². The molecule has 2 heterocycles. The molecule has 0 saturated carbocycles. The second-order valence-electron chi connectivity index (χ2n) is 6.85. The van der Waals surface area contributed by atoms with Crippen LogP contribution in [0.25, 0.3) is 11.0 Å². The summed E-state index contributed by atoms with van der Waals surface area (Å²) < 4.78 is 46.2. The van der Waals surface area contributed by atoms with Crippen molar-refractivity contribution in [2.24, 2.45) is 0 Å². The van der Waals surface area contributed by atoms with Crippen molar-refractivity contribution in [3.05, 3.63) is 60.3 Å². The monoisotopic (exact) mass is 416 g/mol. The van der Waals surface area contributed by atoms with Crippen LogP contribution in [0.15, 0.2) is 54.6 Å². The van der Waals surface area contributed by atoms with Gasteiger partial charge in [0, 0.05) is 26.2 Å². The fourth-order valence-corrected chi connectivity index (χ4v) is 3.32. The Hall–Kier alpha value is -3.36. The summed E-state index contributed by atoms with van der Waals surface area (Å²) in [5.41, 5.74) is -0.413. The van der Waals surface area contributed by atoms with Gasteiger partial charge in [-0.1, -0.05) is 30.3 Å². The SMILES string of the molecule is O=C(COc1ccccc1)N1CCN(c2nc3ccccc3nc2C(F)(F)F)CC1. The van der Waals surface area contributed by atoms with Gasteiger partial charge in [0.1, 0.15) is 5.75 Å². The molecule has 0 unspecified atom stereocenters. The van der Waals surface area contributed by atoms with Crippen LogP contribution in [0.2, 0.25) is 0 Å². The molecule has 9 heteroatoms. The summed E-state index contributed by atoms with van der Waals surface area (Å²) >= 11 is 0. The van der Waals surface area contributed by atoms with Crippen molar-refractivity contribution in [1.29, 1.82) is 0 Å². The minimum Gasteiger partial charge on any atom is -0.484 e. The molecular formula is C21H19F3N4O2. The van der Waals surface area contributed by atoms with Crippen molar-refractivity contribution in [2.75, 3.05) is 37.7 Å². The van der Waals surface area contributed by atoms with E-state index in [1.165, 1.54) is 11.0 Å². The number of carbonyl (C=O) groups excluding carboxylic acids is 1.